The molecule has 10 heteroatoms. The zero-order chi connectivity index (χ0) is 27.1. The Bertz CT molecular complexity index is 889. The molecule has 0 saturated carbocycles. The first-order valence-corrected chi connectivity index (χ1v) is 12.4. The van der Waals surface area contributed by atoms with Gasteiger partial charge in [-0.05, 0) is 66.7 Å². The number of amides is 1. The Morgan fingerprint density at radius 2 is 1.86 bits per heavy atom. The molecule has 0 aliphatic carbocycles. The highest BCUT2D eigenvalue weighted by molar-refractivity contribution is 5.83. The van der Waals surface area contributed by atoms with E-state index in [9.17, 15) is 18.4 Å². The molecule has 1 fully saturated rings. The lowest BCUT2D eigenvalue weighted by Gasteiger charge is -2.40. The summed E-state index contributed by atoms with van der Waals surface area (Å²) in [5.41, 5.74) is -0.670. The third-order valence-corrected chi connectivity index (χ3v) is 5.68. The summed E-state index contributed by atoms with van der Waals surface area (Å²) in [7, 11) is 0. The Morgan fingerprint density at radius 1 is 1.17 bits per heavy atom. The minimum atomic E-state index is -2.54. The van der Waals surface area contributed by atoms with Crippen molar-refractivity contribution in [3.63, 3.8) is 0 Å². The maximum atomic E-state index is 13.3. The highest BCUT2D eigenvalue weighted by atomic mass is 19.3. The van der Waals surface area contributed by atoms with Gasteiger partial charge in [0, 0.05) is 49.9 Å². The van der Waals surface area contributed by atoms with Crippen LogP contribution in [0.2, 0.25) is 0 Å². The molecule has 1 aromatic rings. The average molecular weight is 514 g/mol. The Kier molecular flexibility index (Phi) is 10.3. The van der Waals surface area contributed by atoms with Gasteiger partial charge in [-0.3, -0.25) is 4.90 Å². The van der Waals surface area contributed by atoms with Crippen molar-refractivity contribution in [2.45, 2.75) is 78.5 Å². The van der Waals surface area contributed by atoms with Gasteiger partial charge in [-0.15, -0.1) is 0 Å². The Morgan fingerprint density at radius 3 is 2.44 bits per heavy atom. The average Bonchev–Trinajstić information content (AvgIpc) is 2.73. The van der Waals surface area contributed by atoms with E-state index in [4.69, 9.17) is 14.2 Å². The molecular formula is C26H41F2N3O5. The van der Waals surface area contributed by atoms with Crippen LogP contribution in [-0.4, -0.2) is 84.9 Å². The second-order valence-corrected chi connectivity index (χ2v) is 10.6. The molecule has 2 rings (SSSR count). The number of benzene rings is 1. The van der Waals surface area contributed by atoms with Gasteiger partial charge in [0.1, 0.15) is 23.5 Å². The van der Waals surface area contributed by atoms with E-state index in [1.807, 2.05) is 27.7 Å². The first kappa shape index (κ1) is 29.6. The van der Waals surface area contributed by atoms with Crippen LogP contribution in [0.5, 0.6) is 5.75 Å². The van der Waals surface area contributed by atoms with Crippen molar-refractivity contribution in [2.24, 2.45) is 0 Å². The zero-order valence-electron chi connectivity index (χ0n) is 22.5. The molecule has 1 saturated heterocycles. The van der Waals surface area contributed by atoms with Gasteiger partial charge < -0.3 is 24.4 Å². The van der Waals surface area contributed by atoms with Crippen molar-refractivity contribution < 1.29 is 32.6 Å². The molecule has 1 aliphatic heterocycles. The summed E-state index contributed by atoms with van der Waals surface area (Å²) in [6.45, 7) is 15.6. The zero-order valence-corrected chi connectivity index (χ0v) is 22.5. The topological polar surface area (TPSA) is 80.3 Å². The molecule has 1 heterocycles. The van der Waals surface area contributed by atoms with Crippen LogP contribution in [0.4, 0.5) is 19.3 Å². The van der Waals surface area contributed by atoms with Gasteiger partial charge in [0.05, 0.1) is 6.61 Å². The van der Waals surface area contributed by atoms with Crippen molar-refractivity contribution in [3.05, 3.63) is 23.8 Å². The molecule has 0 aromatic heterocycles. The predicted octanol–water partition coefficient (Wildman–Crippen LogP) is 4.57. The number of halogens is 2. The number of ether oxygens (including phenoxy) is 3. The quantitative estimate of drug-likeness (QED) is 0.459. The van der Waals surface area contributed by atoms with Crippen molar-refractivity contribution in [1.82, 2.24) is 9.80 Å². The van der Waals surface area contributed by atoms with Crippen molar-refractivity contribution >= 4 is 17.7 Å². The number of esters is 1. The molecule has 8 nitrogen and oxygen atoms in total. The number of nitrogens with zero attached hydrogens (tertiary/aromatic N) is 2. The molecule has 0 radical (unpaired) electrons. The lowest BCUT2D eigenvalue weighted by Crippen LogP contribution is -2.55. The molecule has 36 heavy (non-hydrogen) atoms. The number of anilines is 1. The Labute approximate surface area is 213 Å². The van der Waals surface area contributed by atoms with Gasteiger partial charge >= 0.3 is 12.1 Å². The number of hydrogen-bond donors (Lipinski definition) is 1. The largest absolute Gasteiger partial charge is 0.492 e. The molecule has 1 aliphatic rings. The summed E-state index contributed by atoms with van der Waals surface area (Å²) in [6, 6.07) is 4.91. The number of carbonyl (C=O) groups excluding carboxylic acids is 2. The lowest BCUT2D eigenvalue weighted by molar-refractivity contribution is -0.147. The standard InChI is InChI=1S/C26H41F2N3O5/c1-8-34-23(32)26(6,7)29-20-9-10-21(19(15-20)16-22(27)28)35-14-13-30-11-12-31(18(2)17-30)24(33)36-25(3,4)5/h9-10,15,18,22,29H,8,11-14,16-17H2,1-7H3/t18-/m1/s1. The van der Waals surface area contributed by atoms with E-state index < -0.39 is 30.0 Å². The Hall–Kier alpha value is -2.62. The number of hydrogen-bond acceptors (Lipinski definition) is 7. The van der Waals surface area contributed by atoms with Crippen molar-refractivity contribution in [3.8, 4) is 5.75 Å². The first-order chi connectivity index (χ1) is 16.7. The number of carbonyl (C=O) groups is 2. The van der Waals surface area contributed by atoms with Gasteiger partial charge in [-0.1, -0.05) is 0 Å². The monoisotopic (exact) mass is 513 g/mol. The molecule has 1 atom stereocenters. The molecule has 1 aromatic carbocycles. The third kappa shape index (κ3) is 9.11. The fourth-order valence-corrected chi connectivity index (χ4v) is 3.96. The molecule has 204 valence electrons. The van der Waals surface area contributed by atoms with E-state index >= 15 is 0 Å². The van der Waals surface area contributed by atoms with Crippen LogP contribution in [0.15, 0.2) is 18.2 Å². The van der Waals surface area contributed by atoms with Crippen LogP contribution in [-0.2, 0) is 20.7 Å². The molecule has 1 amide bonds. The van der Waals surface area contributed by atoms with Gasteiger partial charge in [0.15, 0.2) is 0 Å². The summed E-state index contributed by atoms with van der Waals surface area (Å²) >= 11 is 0. The summed E-state index contributed by atoms with van der Waals surface area (Å²) in [6.07, 6.45) is -3.32. The number of alkyl halides is 2. The number of rotatable bonds is 10. The maximum Gasteiger partial charge on any atom is 0.410 e. The molecule has 0 unspecified atom stereocenters. The van der Waals surface area contributed by atoms with E-state index in [0.717, 1.165) is 0 Å². The SMILES string of the molecule is CCOC(=O)C(C)(C)Nc1ccc(OCCN2CCN(C(=O)OC(C)(C)C)[C@H](C)C2)c(CC(F)F)c1. The lowest BCUT2D eigenvalue weighted by atomic mass is 10.0. The fourth-order valence-electron chi connectivity index (χ4n) is 3.96. The highest BCUT2D eigenvalue weighted by Crippen LogP contribution is 2.27. The maximum absolute atomic E-state index is 13.3. The van der Waals surface area contributed by atoms with Crippen LogP contribution in [0.3, 0.4) is 0 Å². The molecule has 0 bridgehead atoms. The van der Waals surface area contributed by atoms with Gasteiger partial charge in [0.2, 0.25) is 6.43 Å². The van der Waals surface area contributed by atoms with E-state index in [-0.39, 0.29) is 18.7 Å². The van der Waals surface area contributed by atoms with Crippen LogP contribution in [0.25, 0.3) is 0 Å². The minimum Gasteiger partial charge on any atom is -0.492 e. The summed E-state index contributed by atoms with van der Waals surface area (Å²) < 4.78 is 43.0. The summed E-state index contributed by atoms with van der Waals surface area (Å²) in [5, 5.41) is 3.06. The normalized spacial score (nSPS) is 17.2. The van der Waals surface area contributed by atoms with E-state index in [1.165, 1.54) is 0 Å². The highest BCUT2D eigenvalue weighted by Gasteiger charge is 2.31. The second kappa shape index (κ2) is 12.6. The predicted molar refractivity (Wildman–Crippen MR) is 135 cm³/mol. The molecule has 0 spiro atoms. The van der Waals surface area contributed by atoms with Crippen LogP contribution < -0.4 is 10.1 Å². The molecular weight excluding hydrogens is 472 g/mol. The van der Waals surface area contributed by atoms with Gasteiger partial charge in [0.25, 0.3) is 0 Å². The van der Waals surface area contributed by atoms with E-state index in [2.05, 4.69) is 10.2 Å². The molecule has 1 N–H and O–H groups in total. The van der Waals surface area contributed by atoms with Gasteiger partial charge in [-0.2, -0.15) is 0 Å². The third-order valence-electron chi connectivity index (χ3n) is 5.68. The first-order valence-electron chi connectivity index (χ1n) is 12.4. The van der Waals surface area contributed by atoms with Crippen LogP contribution in [0.1, 0.15) is 54.0 Å². The van der Waals surface area contributed by atoms with E-state index in [1.54, 1.807) is 43.9 Å². The second-order valence-electron chi connectivity index (χ2n) is 10.6. The fraction of sp³-hybridized carbons (Fsp3) is 0.692. The van der Waals surface area contributed by atoms with Crippen LogP contribution in [0, 0.1) is 0 Å². The van der Waals surface area contributed by atoms with Gasteiger partial charge in [-0.25, -0.2) is 18.4 Å². The van der Waals surface area contributed by atoms with Crippen LogP contribution >= 0.6 is 0 Å². The van der Waals surface area contributed by atoms with Crippen molar-refractivity contribution in [2.75, 3.05) is 44.7 Å². The van der Waals surface area contributed by atoms with Crippen molar-refractivity contribution in [1.29, 1.82) is 0 Å². The number of piperazine rings is 1. The summed E-state index contributed by atoms with van der Waals surface area (Å²) in [5.74, 6) is -0.0445. The smallest absolute Gasteiger partial charge is 0.410 e. The Balaban J connectivity index is 1.96. The summed E-state index contributed by atoms with van der Waals surface area (Å²) in [4.78, 5) is 28.5. The number of nitrogens with one attached hydrogen (secondary N) is 1. The van der Waals surface area contributed by atoms with E-state index in [0.29, 0.717) is 49.8 Å². The minimum absolute atomic E-state index is 0.0175.